The predicted octanol–water partition coefficient (Wildman–Crippen LogP) is 4.88. The molecule has 1 unspecified atom stereocenters. The molecule has 1 aliphatic carbocycles. The Morgan fingerprint density at radius 1 is 0.857 bits per heavy atom. The van der Waals surface area contributed by atoms with Crippen LogP contribution >= 0.6 is 0 Å². The molecular weight excluding hydrogens is 256 g/mol. The van der Waals surface area contributed by atoms with Crippen LogP contribution in [0.1, 0.15) is 22.8 Å². The highest BCUT2D eigenvalue weighted by molar-refractivity contribution is 6.10. The van der Waals surface area contributed by atoms with Crippen molar-refractivity contribution in [1.82, 2.24) is 0 Å². The maximum atomic E-state index is 12.5. The van der Waals surface area contributed by atoms with E-state index in [4.69, 9.17) is 0 Å². The molecule has 3 aromatic carbocycles. The van der Waals surface area contributed by atoms with Crippen LogP contribution in [0, 0.1) is 5.92 Å². The third-order valence-corrected chi connectivity index (χ3v) is 4.45. The lowest BCUT2D eigenvalue weighted by Crippen LogP contribution is -2.04. The van der Waals surface area contributed by atoms with Gasteiger partial charge in [0.05, 0.1) is 0 Å². The molecule has 0 aliphatic heterocycles. The van der Waals surface area contributed by atoms with Gasteiger partial charge in [0.15, 0.2) is 5.78 Å². The molecule has 0 saturated heterocycles. The molecule has 0 aromatic heterocycles. The van der Waals surface area contributed by atoms with Crippen molar-refractivity contribution in [2.75, 3.05) is 0 Å². The lowest BCUT2D eigenvalue weighted by molar-refractivity contribution is 0.0947. The Bertz CT molecular complexity index is 855. The second-order valence-electron chi connectivity index (χ2n) is 5.84. The molecule has 102 valence electrons. The fraction of sp³-hybridized carbons (Fsp3) is 0.150. The molecule has 0 saturated carbocycles. The summed E-state index contributed by atoms with van der Waals surface area (Å²) in [6.07, 6.45) is 0.868. The van der Waals surface area contributed by atoms with E-state index in [1.165, 1.54) is 16.3 Å². The Labute approximate surface area is 124 Å². The normalized spacial score (nSPS) is 17.2. The van der Waals surface area contributed by atoms with Gasteiger partial charge in [0, 0.05) is 11.5 Å². The largest absolute Gasteiger partial charge is 0.294 e. The number of benzene rings is 3. The van der Waals surface area contributed by atoms with Gasteiger partial charge in [0.25, 0.3) is 0 Å². The van der Waals surface area contributed by atoms with Crippen molar-refractivity contribution in [3.8, 4) is 11.1 Å². The van der Waals surface area contributed by atoms with Gasteiger partial charge < -0.3 is 0 Å². The van der Waals surface area contributed by atoms with Gasteiger partial charge in [-0.2, -0.15) is 0 Å². The van der Waals surface area contributed by atoms with Gasteiger partial charge in [0.1, 0.15) is 0 Å². The van der Waals surface area contributed by atoms with Crippen molar-refractivity contribution in [2.45, 2.75) is 13.3 Å². The number of Topliss-reactive ketones (excluding diaryl/α,β-unsaturated/α-hetero) is 1. The molecule has 1 aliphatic rings. The molecule has 21 heavy (non-hydrogen) atoms. The van der Waals surface area contributed by atoms with Crippen LogP contribution in [0.5, 0.6) is 0 Å². The topological polar surface area (TPSA) is 17.1 Å². The first-order valence-corrected chi connectivity index (χ1v) is 7.40. The van der Waals surface area contributed by atoms with Gasteiger partial charge >= 0.3 is 0 Å². The Morgan fingerprint density at radius 3 is 2.48 bits per heavy atom. The predicted molar refractivity (Wildman–Crippen MR) is 86.6 cm³/mol. The number of fused-ring (bicyclic) bond motifs is 2. The van der Waals surface area contributed by atoms with Crippen LogP contribution in [0.4, 0.5) is 0 Å². The molecule has 0 fully saturated rings. The van der Waals surface area contributed by atoms with Crippen LogP contribution in [0.15, 0.2) is 60.7 Å². The molecule has 1 nitrogen and oxygen atoms in total. The summed E-state index contributed by atoms with van der Waals surface area (Å²) in [6, 6.07) is 20.9. The smallest absolute Gasteiger partial charge is 0.166 e. The van der Waals surface area contributed by atoms with Crippen molar-refractivity contribution in [1.29, 1.82) is 0 Å². The number of hydrogen-bond acceptors (Lipinski definition) is 1. The number of ketones is 1. The fourth-order valence-electron chi connectivity index (χ4n) is 3.41. The molecular formula is C20H16O. The van der Waals surface area contributed by atoms with Crippen LogP contribution < -0.4 is 0 Å². The minimum atomic E-state index is 0.108. The monoisotopic (exact) mass is 272 g/mol. The molecule has 0 bridgehead atoms. The lowest BCUT2D eigenvalue weighted by Gasteiger charge is -2.11. The summed E-state index contributed by atoms with van der Waals surface area (Å²) in [5, 5.41) is 2.42. The maximum Gasteiger partial charge on any atom is 0.166 e. The molecule has 0 radical (unpaired) electrons. The van der Waals surface area contributed by atoms with E-state index in [1.54, 1.807) is 0 Å². The average Bonchev–Trinajstić information content (AvgIpc) is 2.82. The Hall–Kier alpha value is -2.41. The first kappa shape index (κ1) is 12.3. The van der Waals surface area contributed by atoms with Gasteiger partial charge in [-0.25, -0.2) is 0 Å². The number of hydrogen-bond donors (Lipinski definition) is 0. The number of carbonyl (C=O) groups excluding carboxylic acids is 1. The summed E-state index contributed by atoms with van der Waals surface area (Å²) in [4.78, 5) is 12.5. The lowest BCUT2D eigenvalue weighted by atomic mass is 9.92. The third kappa shape index (κ3) is 1.81. The summed E-state index contributed by atoms with van der Waals surface area (Å²) in [6.45, 7) is 2.02. The van der Waals surface area contributed by atoms with E-state index in [2.05, 4.69) is 60.7 Å². The summed E-state index contributed by atoms with van der Waals surface area (Å²) in [5.74, 6) is 0.393. The van der Waals surface area contributed by atoms with Gasteiger partial charge in [-0.1, -0.05) is 67.6 Å². The first-order chi connectivity index (χ1) is 10.3. The number of carbonyl (C=O) groups is 1. The highest BCUT2D eigenvalue weighted by Crippen LogP contribution is 2.37. The fourth-order valence-corrected chi connectivity index (χ4v) is 3.41. The zero-order chi connectivity index (χ0) is 14.4. The van der Waals surface area contributed by atoms with Gasteiger partial charge in [0.2, 0.25) is 0 Å². The Kier molecular flexibility index (Phi) is 2.68. The third-order valence-electron chi connectivity index (χ3n) is 4.45. The zero-order valence-corrected chi connectivity index (χ0v) is 12.0. The molecule has 4 rings (SSSR count). The number of rotatable bonds is 1. The van der Waals surface area contributed by atoms with E-state index in [9.17, 15) is 4.79 Å². The Morgan fingerprint density at radius 2 is 1.57 bits per heavy atom. The summed E-state index contributed by atoms with van der Waals surface area (Å²) in [7, 11) is 0. The van der Waals surface area contributed by atoms with Crippen LogP contribution in [0.3, 0.4) is 0 Å². The molecule has 0 spiro atoms. The van der Waals surface area contributed by atoms with Crippen LogP contribution in [-0.4, -0.2) is 5.78 Å². The molecule has 1 atom stereocenters. The SMILES string of the molecule is CC1Cc2cccc(-c3cccc4ccccc34)c2C1=O. The highest BCUT2D eigenvalue weighted by atomic mass is 16.1. The van der Waals surface area contributed by atoms with E-state index in [0.29, 0.717) is 0 Å². The van der Waals surface area contributed by atoms with Crippen molar-refractivity contribution in [2.24, 2.45) is 5.92 Å². The minimum Gasteiger partial charge on any atom is -0.294 e. The van der Waals surface area contributed by atoms with E-state index in [0.717, 1.165) is 23.1 Å². The molecule has 0 amide bonds. The summed E-state index contributed by atoms with van der Waals surface area (Å²) in [5.41, 5.74) is 4.37. The second-order valence-corrected chi connectivity index (χ2v) is 5.84. The average molecular weight is 272 g/mol. The van der Waals surface area contributed by atoms with Crippen LogP contribution in [0.2, 0.25) is 0 Å². The summed E-state index contributed by atoms with van der Waals surface area (Å²) >= 11 is 0. The molecule has 3 aromatic rings. The van der Waals surface area contributed by atoms with Gasteiger partial charge in [-0.05, 0) is 33.9 Å². The van der Waals surface area contributed by atoms with Crippen molar-refractivity contribution in [3.05, 3.63) is 71.8 Å². The van der Waals surface area contributed by atoms with E-state index >= 15 is 0 Å². The molecule has 0 heterocycles. The van der Waals surface area contributed by atoms with Crippen molar-refractivity contribution in [3.63, 3.8) is 0 Å². The maximum absolute atomic E-state index is 12.5. The van der Waals surface area contributed by atoms with E-state index < -0.39 is 0 Å². The van der Waals surface area contributed by atoms with Gasteiger partial charge in [-0.15, -0.1) is 0 Å². The van der Waals surface area contributed by atoms with Crippen molar-refractivity contribution < 1.29 is 4.79 Å². The Balaban J connectivity index is 2.04. The quantitative estimate of drug-likeness (QED) is 0.617. The second kappa shape index (κ2) is 4.56. The standard InChI is InChI=1S/C20H16O/c1-13-12-15-8-5-11-18(19(15)20(13)21)17-10-4-7-14-6-2-3-9-16(14)17/h2-11,13H,12H2,1H3. The van der Waals surface area contributed by atoms with Gasteiger partial charge in [-0.3, -0.25) is 4.79 Å². The minimum absolute atomic E-state index is 0.108. The van der Waals surface area contributed by atoms with Crippen LogP contribution in [0.25, 0.3) is 21.9 Å². The van der Waals surface area contributed by atoms with Crippen molar-refractivity contribution >= 4 is 16.6 Å². The molecule has 1 heteroatoms. The summed E-state index contributed by atoms with van der Waals surface area (Å²) < 4.78 is 0. The molecule has 0 N–H and O–H groups in total. The van der Waals surface area contributed by atoms with E-state index in [-0.39, 0.29) is 11.7 Å². The first-order valence-electron chi connectivity index (χ1n) is 7.40. The van der Waals surface area contributed by atoms with Crippen LogP contribution in [-0.2, 0) is 6.42 Å². The highest BCUT2D eigenvalue weighted by Gasteiger charge is 2.29. The zero-order valence-electron chi connectivity index (χ0n) is 12.0. The van der Waals surface area contributed by atoms with E-state index in [1.807, 2.05) is 6.92 Å².